The van der Waals surface area contributed by atoms with Crippen LogP contribution in [0.25, 0.3) is 0 Å². The summed E-state index contributed by atoms with van der Waals surface area (Å²) < 4.78 is 26.8. The van der Waals surface area contributed by atoms with Crippen LogP contribution in [-0.2, 0) is 0 Å². The van der Waals surface area contributed by atoms with Crippen LogP contribution in [-0.4, -0.2) is 12.0 Å². The Morgan fingerprint density at radius 1 is 1.22 bits per heavy atom. The highest BCUT2D eigenvalue weighted by Crippen LogP contribution is 2.34. The molecule has 0 radical (unpaired) electrons. The molecular formula is C12H9ClF2N2S. The van der Waals surface area contributed by atoms with Crippen LogP contribution in [0.4, 0.5) is 14.6 Å². The van der Waals surface area contributed by atoms with Gasteiger partial charge in [-0.05, 0) is 12.1 Å². The van der Waals surface area contributed by atoms with E-state index in [-0.39, 0.29) is 10.8 Å². The number of pyridine rings is 1. The quantitative estimate of drug-likeness (QED) is 0.915. The van der Waals surface area contributed by atoms with E-state index in [0.717, 1.165) is 17.8 Å². The van der Waals surface area contributed by atoms with Crippen LogP contribution in [0.15, 0.2) is 40.3 Å². The maximum atomic E-state index is 13.6. The zero-order chi connectivity index (χ0) is 13.1. The smallest absolute Gasteiger partial charge is 0.168 e. The Morgan fingerprint density at radius 2 is 1.94 bits per heavy atom. The van der Waals surface area contributed by atoms with Crippen LogP contribution in [0, 0.1) is 11.6 Å². The van der Waals surface area contributed by atoms with E-state index < -0.39 is 11.6 Å². The lowest BCUT2D eigenvalue weighted by atomic mass is 10.4. The molecule has 2 nitrogen and oxygen atoms in total. The molecule has 0 saturated carbocycles. The number of anilines is 1. The Morgan fingerprint density at radius 3 is 2.61 bits per heavy atom. The van der Waals surface area contributed by atoms with Gasteiger partial charge in [-0.3, -0.25) is 0 Å². The molecule has 0 amide bonds. The third-order valence-corrected chi connectivity index (χ3v) is 3.67. The fourth-order valence-electron chi connectivity index (χ4n) is 1.33. The van der Waals surface area contributed by atoms with E-state index in [0.29, 0.717) is 9.92 Å². The Bertz CT molecular complexity index is 578. The van der Waals surface area contributed by atoms with E-state index in [1.807, 2.05) is 0 Å². The van der Waals surface area contributed by atoms with Crippen molar-refractivity contribution in [1.82, 2.24) is 4.98 Å². The lowest BCUT2D eigenvalue weighted by Crippen LogP contribution is -1.99. The maximum Gasteiger partial charge on any atom is 0.168 e. The standard InChI is InChI=1S/C12H9ClF2N2S/c1-16-11-8(14)6-9(15)12(17-11)18-10-5-3-2-4-7(10)13/h2-6H,1H3,(H,16,17). The second kappa shape index (κ2) is 5.54. The Balaban J connectivity index is 2.38. The van der Waals surface area contributed by atoms with Crippen LogP contribution in [0.2, 0.25) is 5.02 Å². The van der Waals surface area contributed by atoms with E-state index in [9.17, 15) is 8.78 Å². The minimum absolute atomic E-state index is 0.00551. The van der Waals surface area contributed by atoms with E-state index in [1.54, 1.807) is 24.3 Å². The summed E-state index contributed by atoms with van der Waals surface area (Å²) >= 11 is 7.03. The topological polar surface area (TPSA) is 24.9 Å². The summed E-state index contributed by atoms with van der Waals surface area (Å²) in [7, 11) is 1.52. The highest BCUT2D eigenvalue weighted by molar-refractivity contribution is 7.99. The molecule has 0 bridgehead atoms. The van der Waals surface area contributed by atoms with Gasteiger partial charge in [-0.1, -0.05) is 35.5 Å². The zero-order valence-corrected chi connectivity index (χ0v) is 10.9. The van der Waals surface area contributed by atoms with E-state index in [4.69, 9.17) is 11.6 Å². The molecule has 0 unspecified atom stereocenters. The van der Waals surface area contributed by atoms with Gasteiger partial charge in [-0.25, -0.2) is 13.8 Å². The van der Waals surface area contributed by atoms with Crippen molar-refractivity contribution < 1.29 is 8.78 Å². The molecule has 1 heterocycles. The monoisotopic (exact) mass is 286 g/mol. The molecule has 18 heavy (non-hydrogen) atoms. The second-order valence-electron chi connectivity index (χ2n) is 3.39. The largest absolute Gasteiger partial charge is 0.371 e. The number of hydrogen-bond acceptors (Lipinski definition) is 3. The third kappa shape index (κ3) is 2.73. The van der Waals surface area contributed by atoms with Gasteiger partial charge in [-0.2, -0.15) is 0 Å². The Labute approximate surface area is 112 Å². The molecule has 0 spiro atoms. The molecule has 1 aromatic heterocycles. The van der Waals surface area contributed by atoms with Crippen LogP contribution in [0.5, 0.6) is 0 Å². The Hall–Kier alpha value is -1.33. The van der Waals surface area contributed by atoms with Crippen molar-refractivity contribution >= 4 is 29.2 Å². The van der Waals surface area contributed by atoms with Crippen LogP contribution in [0.1, 0.15) is 0 Å². The summed E-state index contributed by atoms with van der Waals surface area (Å²) in [6.07, 6.45) is 0. The third-order valence-electron chi connectivity index (χ3n) is 2.18. The van der Waals surface area contributed by atoms with Gasteiger partial charge in [0.15, 0.2) is 17.5 Å². The number of aromatic nitrogens is 1. The average Bonchev–Trinajstić information content (AvgIpc) is 2.35. The SMILES string of the molecule is CNc1nc(Sc2ccccc2Cl)c(F)cc1F. The summed E-state index contributed by atoms with van der Waals surface area (Å²) in [5.74, 6) is -1.43. The number of nitrogens with one attached hydrogen (secondary N) is 1. The first-order valence-electron chi connectivity index (χ1n) is 5.08. The van der Waals surface area contributed by atoms with Crippen molar-refractivity contribution in [1.29, 1.82) is 0 Å². The highest BCUT2D eigenvalue weighted by Gasteiger charge is 2.13. The normalized spacial score (nSPS) is 10.4. The van der Waals surface area contributed by atoms with Gasteiger partial charge in [0, 0.05) is 18.0 Å². The van der Waals surface area contributed by atoms with Crippen molar-refractivity contribution in [2.75, 3.05) is 12.4 Å². The molecule has 0 aliphatic heterocycles. The predicted octanol–water partition coefficient (Wildman–Crippen LogP) is 4.21. The van der Waals surface area contributed by atoms with Crippen LogP contribution >= 0.6 is 23.4 Å². The molecule has 0 aliphatic carbocycles. The van der Waals surface area contributed by atoms with Crippen molar-refractivity contribution in [3.8, 4) is 0 Å². The van der Waals surface area contributed by atoms with Gasteiger partial charge in [0.1, 0.15) is 5.03 Å². The van der Waals surface area contributed by atoms with Crippen LogP contribution < -0.4 is 5.32 Å². The first kappa shape index (κ1) is 13.1. The van der Waals surface area contributed by atoms with Gasteiger partial charge in [0.2, 0.25) is 0 Å². The molecule has 1 aromatic carbocycles. The molecular weight excluding hydrogens is 278 g/mol. The van der Waals surface area contributed by atoms with Crippen molar-refractivity contribution in [3.63, 3.8) is 0 Å². The lowest BCUT2D eigenvalue weighted by Gasteiger charge is -2.07. The number of benzene rings is 1. The highest BCUT2D eigenvalue weighted by atomic mass is 35.5. The molecule has 0 fully saturated rings. The number of hydrogen-bond donors (Lipinski definition) is 1. The number of halogens is 3. The summed E-state index contributed by atoms with van der Waals surface area (Å²) in [5.41, 5.74) is 0. The van der Waals surface area contributed by atoms with Crippen molar-refractivity contribution in [2.24, 2.45) is 0 Å². The summed E-state index contributed by atoms with van der Waals surface area (Å²) in [6, 6.07) is 7.81. The second-order valence-corrected chi connectivity index (χ2v) is 4.83. The van der Waals surface area contributed by atoms with Gasteiger partial charge in [0.05, 0.1) is 5.02 Å². The molecule has 2 aromatic rings. The summed E-state index contributed by atoms with van der Waals surface area (Å²) in [5, 5.41) is 3.14. The zero-order valence-electron chi connectivity index (χ0n) is 9.38. The maximum absolute atomic E-state index is 13.6. The van der Waals surface area contributed by atoms with E-state index in [2.05, 4.69) is 10.3 Å². The first-order chi connectivity index (χ1) is 8.61. The number of rotatable bonds is 3. The fraction of sp³-hybridized carbons (Fsp3) is 0.0833. The fourth-order valence-corrected chi connectivity index (χ4v) is 2.39. The molecule has 6 heteroatoms. The molecule has 2 rings (SSSR count). The van der Waals surface area contributed by atoms with Gasteiger partial charge in [0.25, 0.3) is 0 Å². The summed E-state index contributed by atoms with van der Waals surface area (Å²) in [6.45, 7) is 0. The molecule has 94 valence electrons. The van der Waals surface area contributed by atoms with Gasteiger partial charge in [-0.15, -0.1) is 0 Å². The summed E-state index contributed by atoms with van der Waals surface area (Å²) in [4.78, 5) is 4.54. The van der Waals surface area contributed by atoms with Crippen molar-refractivity contribution in [2.45, 2.75) is 9.92 Å². The predicted molar refractivity (Wildman–Crippen MR) is 69.3 cm³/mol. The molecule has 0 atom stereocenters. The number of nitrogens with zero attached hydrogens (tertiary/aromatic N) is 1. The molecule has 0 aliphatic rings. The van der Waals surface area contributed by atoms with Crippen LogP contribution in [0.3, 0.4) is 0 Å². The van der Waals surface area contributed by atoms with Gasteiger partial charge >= 0.3 is 0 Å². The Kier molecular flexibility index (Phi) is 4.04. The average molecular weight is 287 g/mol. The van der Waals surface area contributed by atoms with E-state index in [1.165, 1.54) is 7.05 Å². The molecule has 1 N–H and O–H groups in total. The minimum Gasteiger partial charge on any atom is -0.371 e. The van der Waals surface area contributed by atoms with Gasteiger partial charge < -0.3 is 5.32 Å². The van der Waals surface area contributed by atoms with E-state index >= 15 is 0 Å². The van der Waals surface area contributed by atoms with Crippen molar-refractivity contribution in [3.05, 3.63) is 47.0 Å². The minimum atomic E-state index is -0.724. The first-order valence-corrected chi connectivity index (χ1v) is 6.27. The molecule has 0 saturated heterocycles. The lowest BCUT2D eigenvalue weighted by molar-refractivity contribution is 0.552.